The number of pyridine rings is 1. The molecule has 0 bridgehead atoms. The van der Waals surface area contributed by atoms with E-state index in [-0.39, 0.29) is 35.6 Å². The van der Waals surface area contributed by atoms with Gasteiger partial charge in [-0.3, -0.25) is 9.79 Å². The van der Waals surface area contributed by atoms with Gasteiger partial charge in [0.25, 0.3) is 5.91 Å². The third-order valence-electron chi connectivity index (χ3n) is 5.77. The molecule has 0 unspecified atom stereocenters. The van der Waals surface area contributed by atoms with E-state index in [9.17, 15) is 22.0 Å². The molecular formula is C20H19ClF2N4O3S. The second kappa shape index (κ2) is 7.23. The Labute approximate surface area is 182 Å². The highest BCUT2D eigenvalue weighted by atomic mass is 35.5. The van der Waals surface area contributed by atoms with Crippen LogP contribution in [0.15, 0.2) is 41.5 Å². The number of nitrogens with two attached hydrogens (primary N) is 1. The number of halogens is 3. The highest BCUT2D eigenvalue weighted by molar-refractivity contribution is 7.93. The lowest BCUT2D eigenvalue weighted by molar-refractivity contribution is 0.102. The van der Waals surface area contributed by atoms with Crippen LogP contribution in [-0.2, 0) is 15.4 Å². The van der Waals surface area contributed by atoms with Gasteiger partial charge in [-0.1, -0.05) is 11.6 Å². The summed E-state index contributed by atoms with van der Waals surface area (Å²) in [5.41, 5.74) is 4.71. The highest BCUT2D eigenvalue weighted by Crippen LogP contribution is 2.48. The van der Waals surface area contributed by atoms with Gasteiger partial charge in [0, 0.05) is 30.3 Å². The van der Waals surface area contributed by atoms with Gasteiger partial charge in [-0.2, -0.15) is 0 Å². The standard InChI is InChI=1S/C20H19ClF2N4O3S/c1-19(10-31(29,30)20(18(24)27-19)7-12(22)8-20)14-6-13(3-4-15(14)23)26-17(28)16-5-2-11(21)9-25-16/h2-6,9,12H,7-8,10H2,1H3,(H2,24,27)(H,26,28)/t12?,19-,20?/m0/s1. The molecule has 164 valence electrons. The molecule has 11 heteroatoms. The lowest BCUT2D eigenvalue weighted by Gasteiger charge is -2.48. The first-order valence-electron chi connectivity index (χ1n) is 9.41. The van der Waals surface area contributed by atoms with Crippen LogP contribution >= 0.6 is 11.6 Å². The van der Waals surface area contributed by atoms with Crippen molar-refractivity contribution in [2.45, 2.75) is 36.2 Å². The van der Waals surface area contributed by atoms with Crippen molar-refractivity contribution in [3.63, 3.8) is 0 Å². The number of amides is 1. The molecule has 1 aliphatic carbocycles. The van der Waals surface area contributed by atoms with Gasteiger partial charge in [-0.25, -0.2) is 22.2 Å². The normalized spacial score (nSPS) is 29.2. The summed E-state index contributed by atoms with van der Waals surface area (Å²) in [6.07, 6.45) is -0.429. The summed E-state index contributed by atoms with van der Waals surface area (Å²) in [5, 5.41) is 2.95. The van der Waals surface area contributed by atoms with Gasteiger partial charge in [-0.15, -0.1) is 0 Å². The van der Waals surface area contributed by atoms with E-state index in [1.165, 1.54) is 37.4 Å². The molecule has 1 amide bonds. The van der Waals surface area contributed by atoms with Crippen LogP contribution in [-0.4, -0.2) is 41.8 Å². The molecule has 7 nitrogen and oxygen atoms in total. The second-order valence-corrected chi connectivity index (χ2v) is 10.8. The Morgan fingerprint density at radius 3 is 2.58 bits per heavy atom. The molecule has 2 heterocycles. The average Bonchev–Trinajstić information content (AvgIpc) is 2.65. The summed E-state index contributed by atoms with van der Waals surface area (Å²) in [7, 11) is -3.90. The van der Waals surface area contributed by atoms with Gasteiger partial charge in [0.05, 0.1) is 10.8 Å². The topological polar surface area (TPSA) is 115 Å². The molecule has 2 aromatic rings. The summed E-state index contributed by atoms with van der Waals surface area (Å²) in [6, 6.07) is 6.68. The van der Waals surface area contributed by atoms with Crippen molar-refractivity contribution in [3.05, 3.63) is 58.6 Å². The predicted molar refractivity (Wildman–Crippen MR) is 113 cm³/mol. The zero-order valence-electron chi connectivity index (χ0n) is 16.4. The van der Waals surface area contributed by atoms with Crippen LogP contribution in [0.2, 0.25) is 5.02 Å². The van der Waals surface area contributed by atoms with E-state index in [0.717, 1.165) is 6.07 Å². The molecule has 1 fully saturated rings. The van der Waals surface area contributed by atoms with E-state index in [1.54, 1.807) is 0 Å². The van der Waals surface area contributed by atoms with Crippen LogP contribution in [0.5, 0.6) is 0 Å². The molecule has 1 saturated carbocycles. The molecule has 1 spiro atoms. The maximum atomic E-state index is 14.7. The average molecular weight is 469 g/mol. The first kappa shape index (κ1) is 21.6. The van der Waals surface area contributed by atoms with E-state index >= 15 is 0 Å². The second-order valence-electron chi connectivity index (χ2n) is 8.04. The number of carbonyl (C=O) groups is 1. The molecule has 1 aromatic carbocycles. The van der Waals surface area contributed by atoms with Crippen molar-refractivity contribution >= 4 is 38.9 Å². The van der Waals surface area contributed by atoms with Crippen molar-refractivity contribution in [2.24, 2.45) is 10.7 Å². The highest BCUT2D eigenvalue weighted by Gasteiger charge is 2.61. The molecule has 3 N–H and O–H groups in total. The van der Waals surface area contributed by atoms with Crippen LogP contribution < -0.4 is 11.1 Å². The lowest BCUT2D eigenvalue weighted by atomic mass is 9.80. The molecule has 4 rings (SSSR count). The van der Waals surface area contributed by atoms with Gasteiger partial charge in [-0.05, 0) is 37.3 Å². The number of alkyl halides is 1. The third kappa shape index (κ3) is 3.57. The van der Waals surface area contributed by atoms with Crippen molar-refractivity contribution < 1.29 is 22.0 Å². The smallest absolute Gasteiger partial charge is 0.274 e. The Morgan fingerprint density at radius 2 is 2.00 bits per heavy atom. The quantitative estimate of drug-likeness (QED) is 0.718. The fraction of sp³-hybridized carbons (Fsp3) is 0.350. The molecule has 1 aliphatic heterocycles. The van der Waals surface area contributed by atoms with Gasteiger partial charge < -0.3 is 11.1 Å². The van der Waals surface area contributed by atoms with E-state index in [4.69, 9.17) is 17.3 Å². The van der Waals surface area contributed by atoms with Crippen molar-refractivity contribution in [3.8, 4) is 0 Å². The number of carbonyl (C=O) groups excluding carboxylic acids is 1. The molecule has 1 aromatic heterocycles. The Morgan fingerprint density at radius 1 is 1.29 bits per heavy atom. The van der Waals surface area contributed by atoms with Crippen LogP contribution in [0.4, 0.5) is 14.5 Å². The number of aliphatic imine (C=N–C) groups is 1. The maximum Gasteiger partial charge on any atom is 0.274 e. The molecule has 31 heavy (non-hydrogen) atoms. The van der Waals surface area contributed by atoms with Crippen LogP contribution in [0.3, 0.4) is 0 Å². The Hall–Kier alpha value is -2.59. The molecule has 2 aliphatic rings. The minimum atomic E-state index is -3.90. The zero-order valence-corrected chi connectivity index (χ0v) is 18.0. The minimum absolute atomic E-state index is 0.0492. The zero-order chi connectivity index (χ0) is 22.6. The molecule has 1 atom stereocenters. The summed E-state index contributed by atoms with van der Waals surface area (Å²) in [6.45, 7) is 1.45. The first-order chi connectivity index (χ1) is 14.5. The number of hydrogen-bond donors (Lipinski definition) is 2. The molecular weight excluding hydrogens is 450 g/mol. The Kier molecular flexibility index (Phi) is 5.05. The monoisotopic (exact) mass is 468 g/mol. The third-order valence-corrected chi connectivity index (χ3v) is 8.67. The largest absolute Gasteiger partial charge is 0.386 e. The number of anilines is 1. The fourth-order valence-electron chi connectivity index (χ4n) is 4.05. The van der Waals surface area contributed by atoms with Crippen molar-refractivity contribution in [1.29, 1.82) is 0 Å². The van der Waals surface area contributed by atoms with Gasteiger partial charge in [0.2, 0.25) is 0 Å². The number of nitrogens with zero attached hydrogens (tertiary/aromatic N) is 2. The van der Waals surface area contributed by atoms with Gasteiger partial charge >= 0.3 is 0 Å². The maximum absolute atomic E-state index is 14.7. The molecule has 0 saturated heterocycles. The summed E-state index contributed by atoms with van der Waals surface area (Å²) in [5.74, 6) is -2.00. The fourth-order valence-corrected chi connectivity index (χ4v) is 6.63. The van der Waals surface area contributed by atoms with Gasteiger partial charge in [0.1, 0.15) is 33.8 Å². The number of rotatable bonds is 3. The minimum Gasteiger partial charge on any atom is -0.386 e. The number of nitrogens with one attached hydrogen (secondary N) is 1. The summed E-state index contributed by atoms with van der Waals surface area (Å²) in [4.78, 5) is 20.6. The van der Waals surface area contributed by atoms with E-state index in [0.29, 0.717) is 5.02 Å². The number of sulfone groups is 1. The van der Waals surface area contributed by atoms with Crippen molar-refractivity contribution in [1.82, 2.24) is 4.98 Å². The molecule has 0 radical (unpaired) electrons. The predicted octanol–water partition coefficient (Wildman–Crippen LogP) is 3.00. The van der Waals surface area contributed by atoms with E-state index < -0.39 is 43.8 Å². The SMILES string of the molecule is C[C@@]1(c2cc(NC(=O)c3ccc(Cl)cn3)ccc2F)CS(=O)(=O)C2(CC(F)C2)C(N)=N1. The van der Waals surface area contributed by atoms with Crippen LogP contribution in [0.25, 0.3) is 0 Å². The van der Waals surface area contributed by atoms with Crippen molar-refractivity contribution in [2.75, 3.05) is 11.1 Å². The van der Waals surface area contributed by atoms with Gasteiger partial charge in [0.15, 0.2) is 9.84 Å². The van der Waals surface area contributed by atoms with E-state index in [2.05, 4.69) is 15.3 Å². The summed E-state index contributed by atoms with van der Waals surface area (Å²) < 4.78 is 52.7. The van der Waals surface area contributed by atoms with Crippen LogP contribution in [0, 0.1) is 5.82 Å². The lowest BCUT2D eigenvalue weighted by Crippen LogP contribution is -2.65. The summed E-state index contributed by atoms with van der Waals surface area (Å²) >= 11 is 5.77. The number of aromatic nitrogens is 1. The van der Waals surface area contributed by atoms with Crippen LogP contribution in [0.1, 0.15) is 35.8 Å². The number of hydrogen-bond acceptors (Lipinski definition) is 6. The first-order valence-corrected chi connectivity index (χ1v) is 11.4. The number of amidine groups is 1. The number of benzene rings is 1. The Balaban J connectivity index is 1.68. The Bertz CT molecular complexity index is 1200. The van der Waals surface area contributed by atoms with E-state index in [1.807, 2.05) is 0 Å².